The van der Waals surface area contributed by atoms with Crippen LogP contribution in [-0.2, 0) is 11.2 Å². The van der Waals surface area contributed by atoms with Gasteiger partial charge in [0.1, 0.15) is 0 Å². The van der Waals surface area contributed by atoms with Gasteiger partial charge in [-0.25, -0.2) is 0 Å². The van der Waals surface area contributed by atoms with Gasteiger partial charge in [0, 0.05) is 0 Å². The molecule has 2 aromatic carbocycles. The third-order valence-electron chi connectivity index (χ3n) is 4.04. The smallest absolute Gasteiger partial charge is 0.224 e. The lowest BCUT2D eigenvalue weighted by atomic mass is 10.0. The third kappa shape index (κ3) is 4.51. The van der Waals surface area contributed by atoms with Crippen molar-refractivity contribution in [3.63, 3.8) is 0 Å². The molecule has 4 heteroatoms. The van der Waals surface area contributed by atoms with Gasteiger partial charge in [0.15, 0.2) is 11.5 Å². The van der Waals surface area contributed by atoms with Crippen LogP contribution in [0, 0.1) is 6.92 Å². The maximum atomic E-state index is 12.4. The molecular formula is C20H25NO3. The number of rotatable bonds is 7. The van der Waals surface area contributed by atoms with Crippen LogP contribution in [0.15, 0.2) is 42.5 Å². The fourth-order valence-electron chi connectivity index (χ4n) is 2.63. The molecule has 0 saturated heterocycles. The minimum absolute atomic E-state index is 0.0143. The Morgan fingerprint density at radius 2 is 1.71 bits per heavy atom. The second-order valence-electron chi connectivity index (χ2n) is 5.81. The van der Waals surface area contributed by atoms with E-state index in [-0.39, 0.29) is 11.9 Å². The van der Waals surface area contributed by atoms with Crippen molar-refractivity contribution < 1.29 is 14.3 Å². The highest BCUT2D eigenvalue weighted by Crippen LogP contribution is 2.30. The Morgan fingerprint density at radius 1 is 1.04 bits per heavy atom. The number of ether oxygens (including phenoxy) is 2. The van der Waals surface area contributed by atoms with Crippen LogP contribution in [0.25, 0.3) is 0 Å². The third-order valence-corrected chi connectivity index (χ3v) is 4.04. The van der Waals surface area contributed by atoms with E-state index in [2.05, 4.69) is 5.32 Å². The fraction of sp³-hybridized carbons (Fsp3) is 0.350. The molecule has 4 nitrogen and oxygen atoms in total. The van der Waals surface area contributed by atoms with Crippen LogP contribution in [0.4, 0.5) is 0 Å². The fourth-order valence-corrected chi connectivity index (χ4v) is 2.63. The van der Waals surface area contributed by atoms with E-state index in [1.165, 1.54) is 5.56 Å². The van der Waals surface area contributed by atoms with E-state index in [1.807, 2.05) is 56.3 Å². The second-order valence-corrected chi connectivity index (χ2v) is 5.81. The minimum Gasteiger partial charge on any atom is -0.493 e. The van der Waals surface area contributed by atoms with Gasteiger partial charge in [0.05, 0.1) is 26.7 Å². The summed E-state index contributed by atoms with van der Waals surface area (Å²) in [7, 11) is 3.22. The predicted molar refractivity (Wildman–Crippen MR) is 95.6 cm³/mol. The molecule has 1 amide bonds. The lowest BCUT2D eigenvalue weighted by Gasteiger charge is -2.19. The summed E-state index contributed by atoms with van der Waals surface area (Å²) < 4.78 is 10.6. The van der Waals surface area contributed by atoms with Gasteiger partial charge in [-0.05, 0) is 36.6 Å². The second kappa shape index (κ2) is 8.39. The summed E-state index contributed by atoms with van der Waals surface area (Å²) in [6, 6.07) is 13.7. The Labute approximate surface area is 143 Å². The van der Waals surface area contributed by atoms with E-state index in [0.717, 1.165) is 17.5 Å². The van der Waals surface area contributed by atoms with Gasteiger partial charge in [-0.2, -0.15) is 0 Å². The van der Waals surface area contributed by atoms with Crippen LogP contribution in [0.1, 0.15) is 36.1 Å². The number of carbonyl (C=O) groups is 1. The summed E-state index contributed by atoms with van der Waals surface area (Å²) in [5, 5.41) is 3.10. The summed E-state index contributed by atoms with van der Waals surface area (Å²) in [6.07, 6.45) is 1.18. The molecule has 0 fully saturated rings. The predicted octanol–water partition coefficient (Wildman–Crippen LogP) is 3.82. The molecular weight excluding hydrogens is 302 g/mol. The highest BCUT2D eigenvalue weighted by molar-refractivity contribution is 5.79. The maximum Gasteiger partial charge on any atom is 0.224 e. The van der Waals surface area contributed by atoms with Gasteiger partial charge in [0.2, 0.25) is 5.91 Å². The van der Waals surface area contributed by atoms with Crippen LogP contribution in [0.5, 0.6) is 11.5 Å². The van der Waals surface area contributed by atoms with Crippen molar-refractivity contribution in [1.29, 1.82) is 0 Å². The first-order chi connectivity index (χ1) is 11.6. The van der Waals surface area contributed by atoms with Gasteiger partial charge >= 0.3 is 0 Å². The summed E-state index contributed by atoms with van der Waals surface area (Å²) in [5.41, 5.74) is 3.21. The van der Waals surface area contributed by atoms with E-state index in [0.29, 0.717) is 17.9 Å². The highest BCUT2D eigenvalue weighted by atomic mass is 16.5. The molecule has 1 N–H and O–H groups in total. The minimum atomic E-state index is -0.0530. The van der Waals surface area contributed by atoms with Crippen LogP contribution in [-0.4, -0.2) is 20.1 Å². The molecule has 0 spiro atoms. The zero-order chi connectivity index (χ0) is 17.5. The molecule has 0 aliphatic heterocycles. The number of nitrogens with one attached hydrogen (secondary N) is 1. The van der Waals surface area contributed by atoms with E-state index < -0.39 is 0 Å². The van der Waals surface area contributed by atoms with Gasteiger partial charge in [-0.3, -0.25) is 4.79 Å². The van der Waals surface area contributed by atoms with Crippen LogP contribution in [0.2, 0.25) is 0 Å². The van der Waals surface area contributed by atoms with Crippen molar-refractivity contribution in [3.8, 4) is 11.5 Å². The van der Waals surface area contributed by atoms with Gasteiger partial charge < -0.3 is 14.8 Å². The average molecular weight is 327 g/mol. The van der Waals surface area contributed by atoms with E-state index in [9.17, 15) is 4.79 Å². The normalized spacial score (nSPS) is 11.7. The maximum absolute atomic E-state index is 12.4. The Morgan fingerprint density at radius 3 is 2.29 bits per heavy atom. The van der Waals surface area contributed by atoms with Gasteiger partial charge in [-0.1, -0.05) is 42.8 Å². The van der Waals surface area contributed by atoms with Crippen molar-refractivity contribution in [1.82, 2.24) is 5.32 Å². The van der Waals surface area contributed by atoms with E-state index in [4.69, 9.17) is 9.47 Å². The summed E-state index contributed by atoms with van der Waals surface area (Å²) in [4.78, 5) is 12.4. The van der Waals surface area contributed by atoms with Crippen molar-refractivity contribution in [2.45, 2.75) is 32.7 Å². The van der Waals surface area contributed by atoms with Gasteiger partial charge in [0.25, 0.3) is 0 Å². The molecule has 2 rings (SSSR count). The Hall–Kier alpha value is -2.49. The van der Waals surface area contributed by atoms with Crippen LogP contribution in [0.3, 0.4) is 0 Å². The largest absolute Gasteiger partial charge is 0.493 e. The van der Waals surface area contributed by atoms with Crippen LogP contribution < -0.4 is 14.8 Å². The molecule has 0 aliphatic rings. The molecule has 0 heterocycles. The molecule has 24 heavy (non-hydrogen) atoms. The molecule has 1 atom stereocenters. The Balaban J connectivity index is 2.08. The molecule has 0 aromatic heterocycles. The molecule has 128 valence electrons. The quantitative estimate of drug-likeness (QED) is 0.841. The lowest BCUT2D eigenvalue weighted by Crippen LogP contribution is -2.29. The first-order valence-electron chi connectivity index (χ1n) is 8.14. The van der Waals surface area contributed by atoms with Crippen molar-refractivity contribution >= 4 is 5.91 Å². The SMILES string of the molecule is CC[C@@H](NC(=O)Cc1ccc(C)cc1)c1ccc(OC)c(OC)c1. The van der Waals surface area contributed by atoms with E-state index >= 15 is 0 Å². The molecule has 0 unspecified atom stereocenters. The summed E-state index contributed by atoms with van der Waals surface area (Å²) in [5.74, 6) is 1.36. The number of methoxy groups -OCH3 is 2. The average Bonchev–Trinajstić information content (AvgIpc) is 2.61. The number of hydrogen-bond acceptors (Lipinski definition) is 3. The first kappa shape index (κ1) is 17.9. The lowest BCUT2D eigenvalue weighted by molar-refractivity contribution is -0.121. The standard InChI is InChI=1S/C20H25NO3/c1-5-17(16-10-11-18(23-3)19(13-16)24-4)21-20(22)12-15-8-6-14(2)7-9-15/h6-11,13,17H,5,12H2,1-4H3,(H,21,22)/t17-/m1/s1. The zero-order valence-electron chi connectivity index (χ0n) is 14.8. The monoisotopic (exact) mass is 327 g/mol. The molecule has 0 saturated carbocycles. The number of aryl methyl sites for hydroxylation is 1. The number of carbonyl (C=O) groups excluding carboxylic acids is 1. The Kier molecular flexibility index (Phi) is 6.24. The van der Waals surface area contributed by atoms with Crippen molar-refractivity contribution in [3.05, 3.63) is 59.2 Å². The molecule has 0 aliphatic carbocycles. The number of amides is 1. The van der Waals surface area contributed by atoms with Crippen molar-refractivity contribution in [2.75, 3.05) is 14.2 Å². The summed E-state index contributed by atoms with van der Waals surface area (Å²) in [6.45, 7) is 4.08. The topological polar surface area (TPSA) is 47.6 Å². The number of hydrogen-bond donors (Lipinski definition) is 1. The van der Waals surface area contributed by atoms with Crippen molar-refractivity contribution in [2.24, 2.45) is 0 Å². The molecule has 2 aromatic rings. The highest BCUT2D eigenvalue weighted by Gasteiger charge is 2.15. The van der Waals surface area contributed by atoms with E-state index in [1.54, 1.807) is 14.2 Å². The van der Waals surface area contributed by atoms with Gasteiger partial charge in [-0.15, -0.1) is 0 Å². The van der Waals surface area contributed by atoms with Crippen LogP contribution >= 0.6 is 0 Å². The Bertz CT molecular complexity index is 680. The first-order valence-corrected chi connectivity index (χ1v) is 8.14. The molecule has 0 bridgehead atoms. The summed E-state index contributed by atoms with van der Waals surface area (Å²) >= 11 is 0. The number of benzene rings is 2. The zero-order valence-corrected chi connectivity index (χ0v) is 14.8. The molecule has 0 radical (unpaired) electrons.